The molecule has 2 rings (SSSR count). The number of carbonyl (C=O) groups is 1. The van der Waals surface area contributed by atoms with E-state index in [1.165, 1.54) is 43.3 Å². The normalized spacial score (nSPS) is 28.2. The Morgan fingerprint density at radius 1 is 1.21 bits per heavy atom. The Balaban J connectivity index is 2.30. The maximum Gasteiger partial charge on any atom is 0.159 e. The third-order valence-electron chi connectivity index (χ3n) is 3.65. The van der Waals surface area contributed by atoms with Crippen molar-refractivity contribution in [3.05, 3.63) is 11.1 Å². The first-order chi connectivity index (χ1) is 6.70. The van der Waals surface area contributed by atoms with Crippen LogP contribution in [0.1, 0.15) is 52.4 Å². The molecule has 0 aromatic rings. The van der Waals surface area contributed by atoms with Crippen molar-refractivity contribution in [3.8, 4) is 0 Å². The highest BCUT2D eigenvalue weighted by Crippen LogP contribution is 2.41. The molecule has 1 nitrogen and oxygen atoms in total. The molecule has 1 unspecified atom stereocenters. The van der Waals surface area contributed by atoms with Gasteiger partial charge in [-0.1, -0.05) is 32.3 Å². The minimum Gasteiger partial charge on any atom is -0.295 e. The van der Waals surface area contributed by atoms with Gasteiger partial charge in [-0.3, -0.25) is 4.79 Å². The Morgan fingerprint density at radius 3 is 2.71 bits per heavy atom. The van der Waals surface area contributed by atoms with Gasteiger partial charge < -0.3 is 0 Å². The van der Waals surface area contributed by atoms with E-state index >= 15 is 0 Å². The quantitative estimate of drug-likeness (QED) is 0.621. The molecule has 0 N–H and O–H groups in total. The van der Waals surface area contributed by atoms with Crippen molar-refractivity contribution < 1.29 is 4.79 Å². The number of hydrogen-bond donors (Lipinski definition) is 0. The lowest BCUT2D eigenvalue weighted by Gasteiger charge is -2.11. The van der Waals surface area contributed by atoms with Crippen LogP contribution in [0.5, 0.6) is 0 Å². The first-order valence-electron chi connectivity index (χ1n) is 5.96. The maximum atomic E-state index is 11.8. The van der Waals surface area contributed by atoms with E-state index in [2.05, 4.69) is 13.8 Å². The van der Waals surface area contributed by atoms with Gasteiger partial charge in [-0.2, -0.15) is 0 Å². The van der Waals surface area contributed by atoms with Gasteiger partial charge in [0, 0.05) is 6.42 Å². The maximum absolute atomic E-state index is 11.8. The highest BCUT2D eigenvalue weighted by atomic mass is 16.1. The summed E-state index contributed by atoms with van der Waals surface area (Å²) in [6.45, 7) is 4.32. The predicted molar refractivity (Wildman–Crippen MR) is 58.1 cm³/mol. The summed E-state index contributed by atoms with van der Waals surface area (Å²) >= 11 is 0. The van der Waals surface area contributed by atoms with Crippen LogP contribution < -0.4 is 0 Å². The number of rotatable bonds is 1. The molecule has 0 amide bonds. The van der Waals surface area contributed by atoms with Gasteiger partial charge in [0.1, 0.15) is 0 Å². The fourth-order valence-corrected chi connectivity index (χ4v) is 3.05. The summed E-state index contributed by atoms with van der Waals surface area (Å²) in [5, 5.41) is 0. The number of Topliss-reactive ketones (excluding diaryl/α,β-unsaturated/α-hetero) is 1. The molecule has 1 fully saturated rings. The highest BCUT2D eigenvalue weighted by Gasteiger charge is 2.33. The first kappa shape index (κ1) is 9.95. The van der Waals surface area contributed by atoms with Crippen LogP contribution in [-0.2, 0) is 4.79 Å². The fourth-order valence-electron chi connectivity index (χ4n) is 3.05. The van der Waals surface area contributed by atoms with Gasteiger partial charge in [-0.25, -0.2) is 0 Å². The summed E-state index contributed by atoms with van der Waals surface area (Å²) in [4.78, 5) is 11.8. The molecule has 0 aliphatic heterocycles. The first-order valence-corrected chi connectivity index (χ1v) is 5.96. The second-order valence-corrected chi connectivity index (χ2v) is 5.02. The fraction of sp³-hybridized carbons (Fsp3) is 0.769. The summed E-state index contributed by atoms with van der Waals surface area (Å²) in [5.41, 5.74) is 2.72. The average Bonchev–Trinajstić information content (AvgIpc) is 2.31. The van der Waals surface area contributed by atoms with Crippen LogP contribution in [-0.4, -0.2) is 5.78 Å². The minimum absolute atomic E-state index is 0.445. The monoisotopic (exact) mass is 192 g/mol. The van der Waals surface area contributed by atoms with E-state index in [4.69, 9.17) is 0 Å². The second kappa shape index (κ2) is 3.88. The van der Waals surface area contributed by atoms with Crippen molar-refractivity contribution in [2.45, 2.75) is 52.4 Å². The lowest BCUT2D eigenvalue weighted by Crippen LogP contribution is -2.03. The molecule has 2 aliphatic rings. The van der Waals surface area contributed by atoms with E-state index in [-0.39, 0.29) is 0 Å². The number of ketones is 1. The van der Waals surface area contributed by atoms with Crippen molar-refractivity contribution in [1.82, 2.24) is 0 Å². The Hall–Kier alpha value is -0.590. The number of fused-ring (bicyclic) bond motifs is 1. The number of allylic oxidation sites excluding steroid dienone is 2. The van der Waals surface area contributed by atoms with Crippen LogP contribution in [0.3, 0.4) is 0 Å². The standard InChI is InChI=1S/C13H20O/c1-9(2)13-11-7-5-3-4-6-10(11)8-12(13)14/h9-10H,3-8H2,1-2H3. The summed E-state index contributed by atoms with van der Waals surface area (Å²) in [6.07, 6.45) is 7.27. The van der Waals surface area contributed by atoms with Crippen LogP contribution >= 0.6 is 0 Å². The molecule has 1 heteroatoms. The molecular weight excluding hydrogens is 172 g/mol. The summed E-state index contributed by atoms with van der Waals surface area (Å²) in [6, 6.07) is 0. The van der Waals surface area contributed by atoms with Gasteiger partial charge in [-0.05, 0) is 36.7 Å². The van der Waals surface area contributed by atoms with Gasteiger partial charge >= 0.3 is 0 Å². The lowest BCUT2D eigenvalue weighted by molar-refractivity contribution is -0.115. The smallest absolute Gasteiger partial charge is 0.159 e. The molecule has 2 aliphatic carbocycles. The van der Waals surface area contributed by atoms with Crippen molar-refractivity contribution in [3.63, 3.8) is 0 Å². The largest absolute Gasteiger partial charge is 0.295 e. The van der Waals surface area contributed by atoms with Gasteiger partial charge in [0.15, 0.2) is 5.78 Å². The Morgan fingerprint density at radius 2 is 2.00 bits per heavy atom. The molecule has 0 bridgehead atoms. The molecule has 0 saturated heterocycles. The molecule has 1 atom stereocenters. The molecule has 0 spiro atoms. The van der Waals surface area contributed by atoms with Crippen molar-refractivity contribution in [1.29, 1.82) is 0 Å². The molecule has 0 aromatic carbocycles. The van der Waals surface area contributed by atoms with Crippen molar-refractivity contribution in [2.75, 3.05) is 0 Å². The molecule has 0 radical (unpaired) electrons. The Bertz CT molecular complexity index is 273. The number of carbonyl (C=O) groups excluding carboxylic acids is 1. The van der Waals surface area contributed by atoms with E-state index in [0.717, 1.165) is 6.42 Å². The zero-order valence-corrected chi connectivity index (χ0v) is 9.31. The molecule has 0 aromatic heterocycles. The molecular formula is C13H20O. The highest BCUT2D eigenvalue weighted by molar-refractivity contribution is 5.99. The van der Waals surface area contributed by atoms with Gasteiger partial charge in [-0.15, -0.1) is 0 Å². The third-order valence-corrected chi connectivity index (χ3v) is 3.65. The second-order valence-electron chi connectivity index (χ2n) is 5.02. The van der Waals surface area contributed by atoms with E-state index in [1.807, 2.05) is 0 Å². The van der Waals surface area contributed by atoms with Gasteiger partial charge in [0.25, 0.3) is 0 Å². The van der Waals surface area contributed by atoms with Crippen LogP contribution in [0.15, 0.2) is 11.1 Å². The van der Waals surface area contributed by atoms with Crippen LogP contribution in [0.2, 0.25) is 0 Å². The summed E-state index contributed by atoms with van der Waals surface area (Å²) in [5.74, 6) is 1.52. The van der Waals surface area contributed by atoms with E-state index in [1.54, 1.807) is 0 Å². The van der Waals surface area contributed by atoms with Crippen LogP contribution in [0, 0.1) is 11.8 Å². The Labute approximate surface area is 86.6 Å². The molecule has 14 heavy (non-hydrogen) atoms. The van der Waals surface area contributed by atoms with Crippen molar-refractivity contribution >= 4 is 5.78 Å². The zero-order chi connectivity index (χ0) is 10.1. The molecule has 0 heterocycles. The lowest BCUT2D eigenvalue weighted by atomic mass is 9.93. The predicted octanol–water partition coefficient (Wildman–Crippen LogP) is 3.49. The topological polar surface area (TPSA) is 17.1 Å². The summed E-state index contributed by atoms with van der Waals surface area (Å²) in [7, 11) is 0. The van der Waals surface area contributed by atoms with Gasteiger partial charge in [0.05, 0.1) is 0 Å². The van der Waals surface area contributed by atoms with Gasteiger partial charge in [0.2, 0.25) is 0 Å². The third kappa shape index (κ3) is 1.65. The van der Waals surface area contributed by atoms with Crippen LogP contribution in [0.25, 0.3) is 0 Å². The van der Waals surface area contributed by atoms with E-state index < -0.39 is 0 Å². The number of hydrogen-bond acceptors (Lipinski definition) is 1. The Kier molecular flexibility index (Phi) is 2.76. The van der Waals surface area contributed by atoms with E-state index in [0.29, 0.717) is 17.6 Å². The average molecular weight is 192 g/mol. The summed E-state index contributed by atoms with van der Waals surface area (Å²) < 4.78 is 0. The molecule has 1 saturated carbocycles. The van der Waals surface area contributed by atoms with E-state index in [9.17, 15) is 4.79 Å². The zero-order valence-electron chi connectivity index (χ0n) is 9.31. The van der Waals surface area contributed by atoms with Crippen molar-refractivity contribution in [2.24, 2.45) is 11.8 Å². The minimum atomic E-state index is 0.445. The molecule has 78 valence electrons. The van der Waals surface area contributed by atoms with Crippen LogP contribution in [0.4, 0.5) is 0 Å². The SMILES string of the molecule is CC(C)C1=C2CCCCCC2CC1=O.